The van der Waals surface area contributed by atoms with E-state index in [4.69, 9.17) is 28.5 Å². The third-order valence-electron chi connectivity index (χ3n) is 3.82. The first-order valence-corrected chi connectivity index (χ1v) is 9.50. The number of aliphatic hydroxyl groups excluding tert-OH is 1. The molecule has 0 radical (unpaired) electrons. The Morgan fingerprint density at radius 1 is 1.14 bits per heavy atom. The van der Waals surface area contributed by atoms with Gasteiger partial charge in [-0.15, -0.1) is 11.3 Å². The van der Waals surface area contributed by atoms with Gasteiger partial charge >= 0.3 is 0 Å². The summed E-state index contributed by atoms with van der Waals surface area (Å²) in [6.07, 6.45) is 2.99. The van der Waals surface area contributed by atoms with Crippen molar-refractivity contribution in [1.82, 2.24) is 19.9 Å². The number of halogens is 2. The highest BCUT2D eigenvalue weighted by atomic mass is 35.5. The molecule has 138 valence electrons. The van der Waals surface area contributed by atoms with Crippen molar-refractivity contribution in [2.75, 3.05) is 5.32 Å². The molecule has 0 aliphatic heterocycles. The van der Waals surface area contributed by atoms with Crippen LogP contribution in [0.3, 0.4) is 0 Å². The van der Waals surface area contributed by atoms with Gasteiger partial charge in [-0.1, -0.05) is 23.2 Å². The summed E-state index contributed by atoms with van der Waals surface area (Å²) in [5.41, 5.74) is 2.16. The second-order valence-corrected chi connectivity index (χ2v) is 7.44. The van der Waals surface area contributed by atoms with E-state index in [9.17, 15) is 5.11 Å². The summed E-state index contributed by atoms with van der Waals surface area (Å²) in [5.74, 6) is 1.06. The predicted octanol–water partition coefficient (Wildman–Crippen LogP) is 4.56. The van der Waals surface area contributed by atoms with Gasteiger partial charge in [-0.05, 0) is 18.2 Å². The quantitative estimate of drug-likeness (QED) is 0.490. The standard InChI is InChI=1S/C18H10Cl2N6OS/c19-11-3-9(6-21)4-12(20)15(11)18-25-13-1-2-22-17(16(13)28-18)26-14-5-10(7-27)23-8-24-14/h1-5,8,27H,7H2,(H,22,23,24,26). The van der Waals surface area contributed by atoms with E-state index in [1.165, 1.54) is 17.7 Å². The molecular weight excluding hydrogens is 419 g/mol. The lowest BCUT2D eigenvalue weighted by Crippen LogP contribution is -1.99. The van der Waals surface area contributed by atoms with Crippen molar-refractivity contribution in [3.63, 3.8) is 0 Å². The minimum Gasteiger partial charge on any atom is -0.390 e. The highest BCUT2D eigenvalue weighted by Gasteiger charge is 2.17. The molecule has 7 nitrogen and oxygen atoms in total. The molecule has 0 amide bonds. The highest BCUT2D eigenvalue weighted by molar-refractivity contribution is 7.22. The molecule has 4 aromatic rings. The minimum absolute atomic E-state index is 0.185. The molecule has 3 heterocycles. The molecule has 0 unspecified atom stereocenters. The minimum atomic E-state index is -0.185. The van der Waals surface area contributed by atoms with Crippen molar-refractivity contribution in [3.8, 4) is 16.6 Å². The van der Waals surface area contributed by atoms with Crippen molar-refractivity contribution in [3.05, 3.63) is 58.1 Å². The Balaban J connectivity index is 1.79. The van der Waals surface area contributed by atoms with Gasteiger partial charge in [-0.3, -0.25) is 0 Å². The van der Waals surface area contributed by atoms with E-state index in [-0.39, 0.29) is 6.61 Å². The van der Waals surface area contributed by atoms with Crippen LogP contribution in [0.4, 0.5) is 11.6 Å². The number of aromatic nitrogens is 4. The number of aliphatic hydroxyl groups is 1. The van der Waals surface area contributed by atoms with Crippen LogP contribution in [0.1, 0.15) is 11.3 Å². The predicted molar refractivity (Wildman–Crippen MR) is 109 cm³/mol. The van der Waals surface area contributed by atoms with Gasteiger partial charge in [0.1, 0.15) is 17.2 Å². The van der Waals surface area contributed by atoms with Gasteiger partial charge < -0.3 is 10.4 Å². The molecule has 0 atom stereocenters. The lowest BCUT2D eigenvalue weighted by atomic mass is 10.1. The number of rotatable bonds is 4. The van der Waals surface area contributed by atoms with Crippen molar-refractivity contribution >= 4 is 56.4 Å². The zero-order valence-electron chi connectivity index (χ0n) is 14.0. The topological polar surface area (TPSA) is 108 Å². The summed E-state index contributed by atoms with van der Waals surface area (Å²) >= 11 is 14.0. The summed E-state index contributed by atoms with van der Waals surface area (Å²) < 4.78 is 0.790. The Kier molecular flexibility index (Phi) is 5.07. The summed E-state index contributed by atoms with van der Waals surface area (Å²) in [5, 5.41) is 22.7. The fraction of sp³-hybridized carbons (Fsp3) is 0.0556. The SMILES string of the molecule is N#Cc1cc(Cl)c(-c2nc3ccnc(Nc4cc(CO)ncn4)c3s2)c(Cl)c1. The van der Waals surface area contributed by atoms with Crippen molar-refractivity contribution in [1.29, 1.82) is 5.26 Å². The van der Waals surface area contributed by atoms with Gasteiger partial charge in [0.05, 0.1) is 44.2 Å². The molecule has 3 aromatic heterocycles. The van der Waals surface area contributed by atoms with Crippen molar-refractivity contribution in [2.24, 2.45) is 0 Å². The molecular formula is C18H10Cl2N6OS. The second-order valence-electron chi connectivity index (χ2n) is 5.63. The maximum atomic E-state index is 9.23. The smallest absolute Gasteiger partial charge is 0.151 e. The average Bonchev–Trinajstić information content (AvgIpc) is 3.12. The lowest BCUT2D eigenvalue weighted by molar-refractivity contribution is 0.276. The zero-order chi connectivity index (χ0) is 19.7. The van der Waals surface area contributed by atoms with Gasteiger partial charge in [-0.2, -0.15) is 5.26 Å². The summed E-state index contributed by atoms with van der Waals surface area (Å²) in [6.45, 7) is -0.185. The Bertz CT molecular complexity index is 1210. The Morgan fingerprint density at radius 3 is 2.64 bits per heavy atom. The third-order valence-corrected chi connectivity index (χ3v) is 5.51. The van der Waals surface area contributed by atoms with Crippen LogP contribution in [-0.2, 0) is 6.61 Å². The molecule has 0 saturated heterocycles. The van der Waals surface area contributed by atoms with E-state index in [1.54, 1.807) is 30.5 Å². The van der Waals surface area contributed by atoms with E-state index >= 15 is 0 Å². The molecule has 0 aliphatic carbocycles. The Morgan fingerprint density at radius 2 is 1.93 bits per heavy atom. The summed E-state index contributed by atoms with van der Waals surface area (Å²) in [4.78, 5) is 17.1. The van der Waals surface area contributed by atoms with Crippen LogP contribution in [0.25, 0.3) is 20.8 Å². The van der Waals surface area contributed by atoms with Gasteiger partial charge in [0, 0.05) is 17.8 Å². The molecule has 28 heavy (non-hydrogen) atoms. The highest BCUT2D eigenvalue weighted by Crippen LogP contribution is 2.41. The normalized spacial score (nSPS) is 10.8. The number of benzene rings is 1. The second kappa shape index (κ2) is 7.66. The molecule has 2 N–H and O–H groups in total. The summed E-state index contributed by atoms with van der Waals surface area (Å²) in [7, 11) is 0. The van der Waals surface area contributed by atoms with Crippen LogP contribution in [0, 0.1) is 11.3 Å². The van der Waals surface area contributed by atoms with E-state index in [1.807, 2.05) is 6.07 Å². The van der Waals surface area contributed by atoms with Crippen LogP contribution >= 0.6 is 34.5 Å². The van der Waals surface area contributed by atoms with Crippen LogP contribution in [0.5, 0.6) is 0 Å². The number of anilines is 2. The fourth-order valence-electron chi connectivity index (χ4n) is 2.57. The third kappa shape index (κ3) is 3.48. The van der Waals surface area contributed by atoms with Crippen LogP contribution in [0.2, 0.25) is 10.0 Å². The molecule has 0 fully saturated rings. The molecule has 10 heteroatoms. The first kappa shape index (κ1) is 18.5. The Hall–Kier alpha value is -2.83. The Labute approximate surface area is 173 Å². The van der Waals surface area contributed by atoms with E-state index in [0.717, 1.165) is 4.70 Å². The zero-order valence-corrected chi connectivity index (χ0v) is 16.3. The van der Waals surface area contributed by atoms with Crippen LogP contribution < -0.4 is 5.32 Å². The fourth-order valence-corrected chi connectivity index (χ4v) is 4.42. The number of hydrogen-bond donors (Lipinski definition) is 2. The van der Waals surface area contributed by atoms with Crippen LogP contribution in [-0.4, -0.2) is 25.0 Å². The van der Waals surface area contributed by atoms with Gasteiger partial charge in [0.15, 0.2) is 5.82 Å². The van der Waals surface area contributed by atoms with Gasteiger partial charge in [0.25, 0.3) is 0 Å². The average molecular weight is 429 g/mol. The van der Waals surface area contributed by atoms with Crippen LogP contribution in [0.15, 0.2) is 36.8 Å². The maximum Gasteiger partial charge on any atom is 0.151 e. The molecule has 0 saturated carbocycles. The first-order valence-electron chi connectivity index (χ1n) is 7.93. The number of nitrogens with zero attached hydrogens (tertiary/aromatic N) is 5. The number of pyridine rings is 1. The van der Waals surface area contributed by atoms with Gasteiger partial charge in [-0.25, -0.2) is 19.9 Å². The van der Waals surface area contributed by atoms with Crippen molar-refractivity contribution in [2.45, 2.75) is 6.61 Å². The van der Waals surface area contributed by atoms with E-state index < -0.39 is 0 Å². The monoisotopic (exact) mass is 428 g/mol. The maximum absolute atomic E-state index is 9.23. The molecule has 1 aromatic carbocycles. The summed E-state index contributed by atoms with van der Waals surface area (Å²) in [6, 6.07) is 8.56. The largest absolute Gasteiger partial charge is 0.390 e. The van der Waals surface area contributed by atoms with Gasteiger partial charge in [0.2, 0.25) is 0 Å². The molecule has 0 spiro atoms. The number of hydrogen-bond acceptors (Lipinski definition) is 8. The molecule has 4 rings (SSSR count). The van der Waals surface area contributed by atoms with E-state index in [0.29, 0.717) is 49.0 Å². The number of thiazole rings is 1. The lowest BCUT2D eigenvalue weighted by Gasteiger charge is -2.05. The molecule has 0 bridgehead atoms. The number of nitrogens with one attached hydrogen (secondary N) is 1. The first-order chi connectivity index (χ1) is 13.6. The van der Waals surface area contributed by atoms with E-state index in [2.05, 4.69) is 25.3 Å². The molecule has 0 aliphatic rings. The number of fused-ring (bicyclic) bond motifs is 1. The number of nitriles is 1. The van der Waals surface area contributed by atoms with Crippen molar-refractivity contribution < 1.29 is 5.11 Å².